The molecule has 0 fully saturated rings. The van der Waals surface area contributed by atoms with Gasteiger partial charge in [-0.1, -0.05) is 29.8 Å². The first kappa shape index (κ1) is 17.8. The number of carbonyl (C=O) groups is 2. The molecule has 0 spiro atoms. The van der Waals surface area contributed by atoms with E-state index >= 15 is 0 Å². The van der Waals surface area contributed by atoms with Crippen LogP contribution in [-0.4, -0.2) is 25.5 Å². The molecule has 0 aliphatic rings. The van der Waals surface area contributed by atoms with E-state index in [2.05, 4.69) is 10.6 Å². The Balaban J connectivity index is 1.83. The highest BCUT2D eigenvalue weighted by Gasteiger charge is 2.13. The molecule has 2 N–H and O–H groups in total. The number of halogens is 1. The molecule has 0 saturated carbocycles. The van der Waals surface area contributed by atoms with Crippen molar-refractivity contribution in [2.24, 2.45) is 0 Å². The van der Waals surface area contributed by atoms with Crippen molar-refractivity contribution >= 4 is 29.1 Å². The van der Waals surface area contributed by atoms with Gasteiger partial charge in [-0.3, -0.25) is 9.59 Å². The van der Waals surface area contributed by atoms with Gasteiger partial charge in [-0.25, -0.2) is 0 Å². The highest BCUT2D eigenvalue weighted by Crippen LogP contribution is 2.19. The first-order valence-electron chi connectivity index (χ1n) is 7.48. The van der Waals surface area contributed by atoms with Gasteiger partial charge < -0.3 is 15.4 Å². The van der Waals surface area contributed by atoms with Gasteiger partial charge in [-0.15, -0.1) is 0 Å². The standard InChI is InChI=1S/C18H19ClN2O3/c1-12-6-7-14(11-16(12)19)21-18(23)17(22)20-9-8-13-4-3-5-15(10-13)24-2/h3-7,10-11H,8-9H2,1-2H3,(H,20,22)(H,21,23). The minimum atomic E-state index is -0.722. The molecule has 0 unspecified atom stereocenters. The van der Waals surface area contributed by atoms with Crippen LogP contribution in [-0.2, 0) is 16.0 Å². The third-order valence-electron chi connectivity index (χ3n) is 3.47. The Labute approximate surface area is 146 Å². The largest absolute Gasteiger partial charge is 0.497 e. The van der Waals surface area contributed by atoms with Gasteiger partial charge in [0.2, 0.25) is 0 Å². The summed E-state index contributed by atoms with van der Waals surface area (Å²) in [4.78, 5) is 23.7. The van der Waals surface area contributed by atoms with Crippen LogP contribution in [0.4, 0.5) is 5.69 Å². The Bertz CT molecular complexity index is 747. The normalized spacial score (nSPS) is 10.1. The second-order valence-electron chi connectivity index (χ2n) is 5.28. The molecule has 0 aromatic heterocycles. The number of anilines is 1. The van der Waals surface area contributed by atoms with Crippen LogP contribution in [0.3, 0.4) is 0 Å². The molecule has 2 amide bonds. The van der Waals surface area contributed by atoms with Crippen molar-refractivity contribution in [1.29, 1.82) is 0 Å². The van der Waals surface area contributed by atoms with E-state index in [1.54, 1.807) is 25.3 Å². The molecule has 0 aliphatic heterocycles. The smallest absolute Gasteiger partial charge is 0.313 e. The number of benzene rings is 2. The van der Waals surface area contributed by atoms with Gasteiger partial charge >= 0.3 is 11.8 Å². The van der Waals surface area contributed by atoms with E-state index in [0.717, 1.165) is 16.9 Å². The zero-order valence-corrected chi connectivity index (χ0v) is 14.3. The molecule has 0 bridgehead atoms. The Morgan fingerprint density at radius 3 is 2.62 bits per heavy atom. The lowest BCUT2D eigenvalue weighted by atomic mass is 10.1. The second-order valence-corrected chi connectivity index (χ2v) is 5.68. The van der Waals surface area contributed by atoms with Crippen molar-refractivity contribution in [1.82, 2.24) is 5.32 Å². The van der Waals surface area contributed by atoms with Gasteiger partial charge in [0, 0.05) is 17.3 Å². The lowest BCUT2D eigenvalue weighted by Gasteiger charge is -2.08. The Kier molecular flexibility index (Phi) is 6.21. The molecular formula is C18H19ClN2O3. The lowest BCUT2D eigenvalue weighted by Crippen LogP contribution is -2.36. The predicted octanol–water partition coefficient (Wildman–Crippen LogP) is 2.95. The van der Waals surface area contributed by atoms with Crippen LogP contribution in [0.25, 0.3) is 0 Å². The molecule has 24 heavy (non-hydrogen) atoms. The van der Waals surface area contributed by atoms with Crippen LogP contribution < -0.4 is 15.4 Å². The van der Waals surface area contributed by atoms with Gasteiger partial charge in [-0.05, 0) is 48.7 Å². The molecule has 2 aromatic carbocycles. The predicted molar refractivity (Wildman–Crippen MR) is 94.5 cm³/mol. The summed E-state index contributed by atoms with van der Waals surface area (Å²) in [6.07, 6.45) is 0.604. The second kappa shape index (κ2) is 8.36. The number of rotatable bonds is 5. The number of aryl methyl sites for hydroxylation is 1. The average Bonchev–Trinajstić information content (AvgIpc) is 2.58. The molecule has 126 valence electrons. The summed E-state index contributed by atoms with van der Waals surface area (Å²) in [7, 11) is 1.60. The first-order valence-corrected chi connectivity index (χ1v) is 7.85. The molecule has 0 saturated heterocycles. The van der Waals surface area contributed by atoms with E-state index in [0.29, 0.717) is 23.7 Å². The molecule has 0 aliphatic carbocycles. The van der Waals surface area contributed by atoms with Crippen LogP contribution in [0.2, 0.25) is 5.02 Å². The molecular weight excluding hydrogens is 328 g/mol. The van der Waals surface area contributed by atoms with Crippen LogP contribution in [0.15, 0.2) is 42.5 Å². The number of carbonyl (C=O) groups excluding carboxylic acids is 2. The summed E-state index contributed by atoms with van der Waals surface area (Å²) < 4.78 is 5.14. The van der Waals surface area contributed by atoms with Crippen LogP contribution in [0.5, 0.6) is 5.75 Å². The van der Waals surface area contributed by atoms with Gasteiger partial charge in [0.1, 0.15) is 5.75 Å². The van der Waals surface area contributed by atoms with Gasteiger partial charge in [0.05, 0.1) is 7.11 Å². The third-order valence-corrected chi connectivity index (χ3v) is 3.88. The minimum Gasteiger partial charge on any atom is -0.497 e. The van der Waals surface area contributed by atoms with E-state index in [-0.39, 0.29) is 0 Å². The third kappa shape index (κ3) is 4.99. The highest BCUT2D eigenvalue weighted by atomic mass is 35.5. The molecule has 0 atom stereocenters. The monoisotopic (exact) mass is 346 g/mol. The lowest BCUT2D eigenvalue weighted by molar-refractivity contribution is -0.136. The fraction of sp³-hybridized carbons (Fsp3) is 0.222. The molecule has 0 radical (unpaired) electrons. The van der Waals surface area contributed by atoms with Crippen LogP contribution >= 0.6 is 11.6 Å². The van der Waals surface area contributed by atoms with Crippen molar-refractivity contribution in [3.05, 3.63) is 58.6 Å². The van der Waals surface area contributed by atoms with Crippen molar-refractivity contribution in [2.75, 3.05) is 19.0 Å². The number of hydrogen-bond acceptors (Lipinski definition) is 3. The topological polar surface area (TPSA) is 67.4 Å². The van der Waals surface area contributed by atoms with E-state index in [4.69, 9.17) is 16.3 Å². The van der Waals surface area contributed by atoms with Crippen molar-refractivity contribution in [3.8, 4) is 5.75 Å². The molecule has 5 nitrogen and oxygen atoms in total. The number of nitrogens with one attached hydrogen (secondary N) is 2. The van der Waals surface area contributed by atoms with Gasteiger partial charge in [-0.2, -0.15) is 0 Å². The summed E-state index contributed by atoms with van der Waals surface area (Å²) in [6, 6.07) is 12.6. The quantitative estimate of drug-likeness (QED) is 0.818. The Morgan fingerprint density at radius 2 is 1.92 bits per heavy atom. The maximum atomic E-state index is 11.9. The molecule has 6 heteroatoms. The van der Waals surface area contributed by atoms with Crippen molar-refractivity contribution in [2.45, 2.75) is 13.3 Å². The average molecular weight is 347 g/mol. The van der Waals surface area contributed by atoms with Gasteiger partial charge in [0.25, 0.3) is 0 Å². The maximum absolute atomic E-state index is 11.9. The SMILES string of the molecule is COc1cccc(CCNC(=O)C(=O)Nc2ccc(C)c(Cl)c2)c1. The number of methoxy groups -OCH3 is 1. The number of ether oxygens (including phenoxy) is 1. The van der Waals surface area contributed by atoms with Crippen LogP contribution in [0.1, 0.15) is 11.1 Å². The first-order chi connectivity index (χ1) is 11.5. The van der Waals surface area contributed by atoms with Gasteiger partial charge in [0.15, 0.2) is 0 Å². The number of hydrogen-bond donors (Lipinski definition) is 2. The molecule has 2 aromatic rings. The van der Waals surface area contributed by atoms with Crippen LogP contribution in [0, 0.1) is 6.92 Å². The summed E-state index contributed by atoms with van der Waals surface area (Å²) in [5.41, 5.74) is 2.40. The van der Waals surface area contributed by atoms with E-state index in [1.165, 1.54) is 0 Å². The zero-order valence-electron chi connectivity index (χ0n) is 13.6. The highest BCUT2D eigenvalue weighted by molar-refractivity contribution is 6.39. The number of amides is 2. The summed E-state index contributed by atoms with van der Waals surface area (Å²) in [5, 5.41) is 5.64. The Hall–Kier alpha value is -2.53. The maximum Gasteiger partial charge on any atom is 0.313 e. The minimum absolute atomic E-state index is 0.355. The zero-order chi connectivity index (χ0) is 17.5. The summed E-state index contributed by atoms with van der Waals surface area (Å²) in [6.45, 7) is 2.22. The summed E-state index contributed by atoms with van der Waals surface area (Å²) in [5.74, 6) is -0.650. The summed E-state index contributed by atoms with van der Waals surface area (Å²) >= 11 is 5.99. The van der Waals surface area contributed by atoms with E-state index in [9.17, 15) is 9.59 Å². The Morgan fingerprint density at radius 1 is 1.12 bits per heavy atom. The fourth-order valence-electron chi connectivity index (χ4n) is 2.09. The van der Waals surface area contributed by atoms with E-state index < -0.39 is 11.8 Å². The molecule has 2 rings (SSSR count). The fourth-order valence-corrected chi connectivity index (χ4v) is 2.27. The van der Waals surface area contributed by atoms with Crippen molar-refractivity contribution in [3.63, 3.8) is 0 Å². The van der Waals surface area contributed by atoms with Crippen molar-refractivity contribution < 1.29 is 14.3 Å². The molecule has 0 heterocycles. The van der Waals surface area contributed by atoms with E-state index in [1.807, 2.05) is 31.2 Å².